The third-order valence-corrected chi connectivity index (χ3v) is 1.93. The van der Waals surface area contributed by atoms with Crippen LogP contribution in [0, 0.1) is 0 Å². The average Bonchev–Trinajstić information content (AvgIpc) is 2.22. The number of amides is 1. The SMILES string of the molecule is CC(=O)N[C@H](CO)[C@@H](O)[C@H](O)[C@H](O)CO. The molecule has 90 valence electrons. The lowest BCUT2D eigenvalue weighted by Gasteiger charge is -2.27. The van der Waals surface area contributed by atoms with Gasteiger partial charge in [-0.05, 0) is 0 Å². The third kappa shape index (κ3) is 4.54. The highest BCUT2D eigenvalue weighted by molar-refractivity contribution is 5.73. The number of nitrogens with one attached hydrogen (secondary N) is 1. The maximum Gasteiger partial charge on any atom is 0.217 e. The quantitative estimate of drug-likeness (QED) is 0.278. The minimum atomic E-state index is -1.64. The van der Waals surface area contributed by atoms with Crippen LogP contribution in [-0.2, 0) is 4.79 Å². The first kappa shape index (κ1) is 14.3. The van der Waals surface area contributed by atoms with E-state index >= 15 is 0 Å². The van der Waals surface area contributed by atoms with Gasteiger partial charge >= 0.3 is 0 Å². The number of carbonyl (C=O) groups excluding carboxylic acids is 1. The first-order chi connectivity index (χ1) is 6.93. The fourth-order valence-corrected chi connectivity index (χ4v) is 1.07. The van der Waals surface area contributed by atoms with Crippen LogP contribution < -0.4 is 5.32 Å². The maximum atomic E-state index is 10.7. The number of hydrogen-bond donors (Lipinski definition) is 6. The minimum Gasteiger partial charge on any atom is -0.394 e. The Hall–Kier alpha value is -0.730. The summed E-state index contributed by atoms with van der Waals surface area (Å²) >= 11 is 0. The van der Waals surface area contributed by atoms with Crippen LogP contribution in [0.2, 0.25) is 0 Å². The van der Waals surface area contributed by atoms with Crippen LogP contribution in [0.1, 0.15) is 6.92 Å². The largest absolute Gasteiger partial charge is 0.394 e. The van der Waals surface area contributed by atoms with E-state index in [9.17, 15) is 15.0 Å². The molecule has 0 spiro atoms. The summed E-state index contributed by atoms with van der Waals surface area (Å²) < 4.78 is 0. The van der Waals surface area contributed by atoms with Crippen molar-refractivity contribution >= 4 is 5.91 Å². The second kappa shape index (κ2) is 6.70. The fourth-order valence-electron chi connectivity index (χ4n) is 1.07. The summed E-state index contributed by atoms with van der Waals surface area (Å²) in [5, 5.41) is 47.3. The van der Waals surface area contributed by atoms with Gasteiger partial charge < -0.3 is 30.8 Å². The summed E-state index contributed by atoms with van der Waals surface area (Å²) in [7, 11) is 0. The summed E-state index contributed by atoms with van der Waals surface area (Å²) in [4.78, 5) is 10.7. The van der Waals surface area contributed by atoms with Gasteiger partial charge in [0.1, 0.15) is 18.3 Å². The molecule has 0 saturated carbocycles. The summed E-state index contributed by atoms with van der Waals surface area (Å²) in [5.41, 5.74) is 0. The zero-order valence-corrected chi connectivity index (χ0v) is 8.37. The third-order valence-electron chi connectivity index (χ3n) is 1.93. The van der Waals surface area contributed by atoms with Gasteiger partial charge in [0, 0.05) is 6.92 Å². The van der Waals surface area contributed by atoms with Gasteiger partial charge in [-0.3, -0.25) is 4.79 Å². The number of hydrogen-bond acceptors (Lipinski definition) is 6. The molecule has 0 heterocycles. The van der Waals surface area contributed by atoms with E-state index in [0.29, 0.717) is 0 Å². The highest BCUT2D eigenvalue weighted by atomic mass is 16.4. The van der Waals surface area contributed by atoms with E-state index in [2.05, 4.69) is 5.32 Å². The Bertz CT molecular complexity index is 200. The fraction of sp³-hybridized carbons (Fsp3) is 0.875. The molecule has 0 aromatic heterocycles. The predicted octanol–water partition coefficient (Wildman–Crippen LogP) is -3.44. The van der Waals surface area contributed by atoms with Crippen LogP contribution >= 0.6 is 0 Å². The van der Waals surface area contributed by atoms with Crippen LogP contribution in [0.25, 0.3) is 0 Å². The Morgan fingerprint density at radius 2 is 1.67 bits per heavy atom. The zero-order chi connectivity index (χ0) is 12.0. The second-order valence-electron chi connectivity index (χ2n) is 3.22. The lowest BCUT2D eigenvalue weighted by Crippen LogP contribution is -2.53. The van der Waals surface area contributed by atoms with E-state index in [1.807, 2.05) is 0 Å². The Balaban J connectivity index is 4.35. The normalized spacial score (nSPS) is 19.1. The van der Waals surface area contributed by atoms with Gasteiger partial charge in [-0.25, -0.2) is 0 Å². The van der Waals surface area contributed by atoms with Crippen LogP contribution in [0.3, 0.4) is 0 Å². The monoisotopic (exact) mass is 223 g/mol. The Kier molecular flexibility index (Phi) is 6.37. The van der Waals surface area contributed by atoms with E-state index in [-0.39, 0.29) is 0 Å². The molecule has 0 unspecified atom stereocenters. The maximum absolute atomic E-state index is 10.7. The van der Waals surface area contributed by atoms with Gasteiger partial charge in [0.15, 0.2) is 0 Å². The highest BCUT2D eigenvalue weighted by Gasteiger charge is 2.31. The standard InChI is InChI=1S/C8H17NO6/c1-4(12)9-5(2-10)7(14)8(15)6(13)3-11/h5-8,10-11,13-15H,2-3H2,1H3,(H,9,12)/t5-,6-,7-,8-/m1/s1. The Morgan fingerprint density at radius 1 is 1.13 bits per heavy atom. The van der Waals surface area contributed by atoms with Crippen LogP contribution in [0.5, 0.6) is 0 Å². The lowest BCUT2D eigenvalue weighted by molar-refractivity contribution is -0.124. The molecule has 0 radical (unpaired) electrons. The number of rotatable bonds is 6. The van der Waals surface area contributed by atoms with Crippen LogP contribution in [-0.4, -0.2) is 69.0 Å². The summed E-state index contributed by atoms with van der Waals surface area (Å²) in [6, 6.07) is -1.08. The molecule has 6 N–H and O–H groups in total. The molecule has 0 saturated heterocycles. The van der Waals surface area contributed by atoms with Gasteiger partial charge in [0.25, 0.3) is 0 Å². The minimum absolute atomic E-state index is 0.487. The Labute approximate surface area is 87.0 Å². The van der Waals surface area contributed by atoms with E-state index < -0.39 is 43.5 Å². The van der Waals surface area contributed by atoms with E-state index in [4.69, 9.17) is 15.3 Å². The summed E-state index contributed by atoms with van der Waals surface area (Å²) in [6.07, 6.45) is -4.72. The molecule has 0 aliphatic rings. The molecule has 7 nitrogen and oxygen atoms in total. The molecule has 0 aromatic rings. The van der Waals surface area contributed by atoms with Gasteiger partial charge in [0.05, 0.1) is 19.3 Å². The predicted molar refractivity (Wildman–Crippen MR) is 49.8 cm³/mol. The zero-order valence-electron chi connectivity index (χ0n) is 8.37. The van der Waals surface area contributed by atoms with Crippen LogP contribution in [0.4, 0.5) is 0 Å². The highest BCUT2D eigenvalue weighted by Crippen LogP contribution is 2.04. The topological polar surface area (TPSA) is 130 Å². The van der Waals surface area contributed by atoms with Gasteiger partial charge in [-0.2, -0.15) is 0 Å². The van der Waals surface area contributed by atoms with Gasteiger partial charge in [0.2, 0.25) is 5.91 Å². The van der Waals surface area contributed by atoms with Crippen molar-refractivity contribution in [2.75, 3.05) is 13.2 Å². The number of carbonyl (C=O) groups is 1. The molecule has 0 fully saturated rings. The molecule has 4 atom stereocenters. The van der Waals surface area contributed by atoms with Gasteiger partial charge in [-0.15, -0.1) is 0 Å². The molecular weight excluding hydrogens is 206 g/mol. The van der Waals surface area contributed by atoms with E-state index in [1.165, 1.54) is 6.92 Å². The molecule has 0 aliphatic carbocycles. The molecule has 7 heteroatoms. The molecule has 0 aromatic carbocycles. The van der Waals surface area contributed by atoms with Crippen molar-refractivity contribution in [2.45, 2.75) is 31.3 Å². The van der Waals surface area contributed by atoms with Crippen molar-refractivity contribution in [3.63, 3.8) is 0 Å². The van der Waals surface area contributed by atoms with Crippen LogP contribution in [0.15, 0.2) is 0 Å². The van der Waals surface area contributed by atoms with Crippen molar-refractivity contribution in [3.8, 4) is 0 Å². The summed E-state index contributed by atoms with van der Waals surface area (Å²) in [5.74, 6) is -0.487. The van der Waals surface area contributed by atoms with Crippen molar-refractivity contribution in [2.24, 2.45) is 0 Å². The van der Waals surface area contributed by atoms with E-state index in [1.54, 1.807) is 0 Å². The smallest absolute Gasteiger partial charge is 0.217 e. The van der Waals surface area contributed by atoms with E-state index in [0.717, 1.165) is 0 Å². The van der Waals surface area contributed by atoms with Crippen molar-refractivity contribution in [1.82, 2.24) is 5.32 Å². The molecule has 15 heavy (non-hydrogen) atoms. The van der Waals surface area contributed by atoms with Crippen molar-refractivity contribution < 1.29 is 30.3 Å². The molecule has 0 bridgehead atoms. The first-order valence-electron chi connectivity index (χ1n) is 4.47. The second-order valence-corrected chi connectivity index (χ2v) is 3.22. The molecule has 0 rings (SSSR count). The molecule has 1 amide bonds. The number of aliphatic hydroxyl groups excluding tert-OH is 5. The lowest BCUT2D eigenvalue weighted by atomic mass is 10.0. The van der Waals surface area contributed by atoms with Gasteiger partial charge in [-0.1, -0.05) is 0 Å². The van der Waals surface area contributed by atoms with Crippen molar-refractivity contribution in [3.05, 3.63) is 0 Å². The first-order valence-corrected chi connectivity index (χ1v) is 4.47. The molecule has 0 aliphatic heterocycles. The average molecular weight is 223 g/mol. The number of aliphatic hydroxyl groups is 5. The van der Waals surface area contributed by atoms with Crippen molar-refractivity contribution in [1.29, 1.82) is 0 Å². The Morgan fingerprint density at radius 3 is 2.00 bits per heavy atom. The summed E-state index contributed by atoms with van der Waals surface area (Å²) in [6.45, 7) is -0.128. The molecular formula is C8H17NO6.